The first-order valence-corrected chi connectivity index (χ1v) is 8.01. The van der Waals surface area contributed by atoms with Crippen LogP contribution in [0.5, 0.6) is 0 Å². The van der Waals surface area contributed by atoms with E-state index in [9.17, 15) is 13.2 Å². The van der Waals surface area contributed by atoms with Crippen LogP contribution in [0.2, 0.25) is 5.02 Å². The lowest BCUT2D eigenvalue weighted by Gasteiger charge is -2.19. The molecule has 0 aliphatic heterocycles. The molecule has 0 unspecified atom stereocenters. The molecule has 6 nitrogen and oxygen atoms in total. The largest absolute Gasteiger partial charge is 0.398 e. The summed E-state index contributed by atoms with van der Waals surface area (Å²) in [6, 6.07) is 4.42. The number of likely N-dealkylation sites (N-methyl/N-ethyl adjacent to an activating group) is 1. The highest BCUT2D eigenvalue weighted by atomic mass is 35.5. The maximum absolute atomic E-state index is 12.1. The molecule has 20 heavy (non-hydrogen) atoms. The van der Waals surface area contributed by atoms with Crippen LogP contribution in [-0.2, 0) is 14.8 Å². The Balaban J connectivity index is 2.89. The summed E-state index contributed by atoms with van der Waals surface area (Å²) < 4.78 is 26.5. The summed E-state index contributed by atoms with van der Waals surface area (Å²) in [5.41, 5.74) is 5.67. The van der Waals surface area contributed by atoms with Gasteiger partial charge in [-0.3, -0.25) is 4.79 Å². The fourth-order valence-electron chi connectivity index (χ4n) is 1.73. The molecule has 3 N–H and O–H groups in total. The van der Waals surface area contributed by atoms with Crippen molar-refractivity contribution in [2.24, 2.45) is 0 Å². The number of nitrogens with one attached hydrogen (secondary N) is 1. The molecular weight excluding hydrogens is 302 g/mol. The lowest BCUT2D eigenvalue weighted by molar-refractivity contribution is -0.129. The molecule has 1 amide bonds. The highest BCUT2D eigenvalue weighted by Crippen LogP contribution is 2.26. The maximum Gasteiger partial charge on any atom is 0.244 e. The van der Waals surface area contributed by atoms with E-state index in [-0.39, 0.29) is 28.1 Å². The molecule has 0 bridgehead atoms. The summed E-state index contributed by atoms with van der Waals surface area (Å²) >= 11 is 5.85. The monoisotopic (exact) mass is 319 g/mol. The predicted octanol–water partition coefficient (Wildman–Crippen LogP) is 1.07. The van der Waals surface area contributed by atoms with Gasteiger partial charge in [0, 0.05) is 13.1 Å². The van der Waals surface area contributed by atoms with Crippen LogP contribution in [0.15, 0.2) is 23.1 Å². The molecule has 0 heterocycles. The Hall–Kier alpha value is -1.31. The number of nitrogens with zero attached hydrogens (tertiary/aromatic N) is 1. The van der Waals surface area contributed by atoms with Gasteiger partial charge in [0.05, 0.1) is 17.3 Å². The molecule has 1 rings (SSSR count). The Kier molecular flexibility index (Phi) is 5.79. The molecule has 1 aromatic carbocycles. The van der Waals surface area contributed by atoms with E-state index in [1.807, 2.05) is 13.8 Å². The van der Waals surface area contributed by atoms with E-state index in [1.54, 1.807) is 6.07 Å². The molecule has 0 saturated heterocycles. The van der Waals surface area contributed by atoms with Crippen LogP contribution in [0.3, 0.4) is 0 Å². The number of sulfonamides is 1. The minimum absolute atomic E-state index is 0.0211. The van der Waals surface area contributed by atoms with Crippen molar-refractivity contribution >= 4 is 33.2 Å². The van der Waals surface area contributed by atoms with Crippen molar-refractivity contribution in [1.82, 2.24) is 9.62 Å². The van der Waals surface area contributed by atoms with E-state index in [0.29, 0.717) is 13.1 Å². The second kappa shape index (κ2) is 6.92. The Labute approximate surface area is 123 Å². The quantitative estimate of drug-likeness (QED) is 0.767. The minimum atomic E-state index is -3.92. The van der Waals surface area contributed by atoms with Gasteiger partial charge in [-0.1, -0.05) is 17.7 Å². The number of anilines is 1. The van der Waals surface area contributed by atoms with E-state index in [2.05, 4.69) is 4.72 Å². The number of nitrogen functional groups attached to an aromatic ring is 1. The molecule has 1 aromatic rings. The van der Waals surface area contributed by atoms with Gasteiger partial charge in [-0.15, -0.1) is 0 Å². The van der Waals surface area contributed by atoms with Gasteiger partial charge in [0.1, 0.15) is 4.90 Å². The van der Waals surface area contributed by atoms with Crippen LogP contribution in [0.1, 0.15) is 13.8 Å². The summed E-state index contributed by atoms with van der Waals surface area (Å²) in [4.78, 5) is 13.1. The Morgan fingerprint density at radius 1 is 1.35 bits per heavy atom. The summed E-state index contributed by atoms with van der Waals surface area (Å²) in [6.07, 6.45) is 0. The number of hydrogen-bond donors (Lipinski definition) is 2. The van der Waals surface area contributed by atoms with Gasteiger partial charge in [0.2, 0.25) is 15.9 Å². The molecule has 0 aliphatic rings. The molecule has 0 aromatic heterocycles. The smallest absolute Gasteiger partial charge is 0.244 e. The first-order chi connectivity index (χ1) is 9.33. The molecule has 0 fully saturated rings. The van der Waals surface area contributed by atoms with Crippen LogP contribution in [-0.4, -0.2) is 38.9 Å². The normalized spacial score (nSPS) is 11.3. The van der Waals surface area contributed by atoms with Crippen molar-refractivity contribution in [1.29, 1.82) is 0 Å². The summed E-state index contributed by atoms with van der Waals surface area (Å²) in [5.74, 6) is -0.302. The molecule has 0 radical (unpaired) electrons. The van der Waals surface area contributed by atoms with Gasteiger partial charge >= 0.3 is 0 Å². The number of hydrogen-bond acceptors (Lipinski definition) is 4. The zero-order valence-corrected chi connectivity index (χ0v) is 13.0. The Bertz CT molecular complexity index is 565. The van der Waals surface area contributed by atoms with Crippen LogP contribution in [0.4, 0.5) is 5.69 Å². The molecule has 0 atom stereocenters. The average molecular weight is 320 g/mol. The number of halogens is 1. The van der Waals surface area contributed by atoms with Gasteiger partial charge in [-0.2, -0.15) is 0 Å². The third-order valence-corrected chi connectivity index (χ3v) is 4.74. The minimum Gasteiger partial charge on any atom is -0.398 e. The van der Waals surface area contributed by atoms with Crippen molar-refractivity contribution < 1.29 is 13.2 Å². The zero-order valence-electron chi connectivity index (χ0n) is 11.4. The number of rotatable bonds is 6. The number of nitrogens with two attached hydrogens (primary N) is 1. The summed E-state index contributed by atoms with van der Waals surface area (Å²) in [7, 11) is -3.92. The lowest BCUT2D eigenvalue weighted by Crippen LogP contribution is -2.40. The summed E-state index contributed by atoms with van der Waals surface area (Å²) in [5, 5.41) is 0.0211. The van der Waals surface area contributed by atoms with Crippen molar-refractivity contribution in [2.75, 3.05) is 25.4 Å². The Morgan fingerprint density at radius 2 is 1.95 bits per heavy atom. The predicted molar refractivity (Wildman–Crippen MR) is 79.0 cm³/mol. The zero-order chi connectivity index (χ0) is 15.3. The van der Waals surface area contributed by atoms with Crippen molar-refractivity contribution in [3.63, 3.8) is 0 Å². The van der Waals surface area contributed by atoms with Gasteiger partial charge < -0.3 is 10.6 Å². The van der Waals surface area contributed by atoms with E-state index in [0.717, 1.165) is 0 Å². The lowest BCUT2D eigenvalue weighted by atomic mass is 10.3. The van der Waals surface area contributed by atoms with Crippen LogP contribution < -0.4 is 10.5 Å². The molecular formula is C12H18ClN3O3S. The third-order valence-electron chi connectivity index (χ3n) is 2.80. The maximum atomic E-state index is 12.1. The fraction of sp³-hybridized carbons (Fsp3) is 0.417. The van der Waals surface area contributed by atoms with Crippen LogP contribution >= 0.6 is 11.6 Å². The molecule has 8 heteroatoms. The summed E-state index contributed by atoms with van der Waals surface area (Å²) in [6.45, 7) is 4.36. The highest BCUT2D eigenvalue weighted by Gasteiger charge is 2.22. The fourth-order valence-corrected chi connectivity index (χ4v) is 3.37. The average Bonchev–Trinajstić information content (AvgIpc) is 2.37. The van der Waals surface area contributed by atoms with E-state index in [1.165, 1.54) is 17.0 Å². The van der Waals surface area contributed by atoms with Crippen molar-refractivity contribution in [2.45, 2.75) is 18.7 Å². The molecule has 0 aliphatic carbocycles. The molecule has 0 spiro atoms. The number of carbonyl (C=O) groups excluding carboxylic acids is 1. The number of amides is 1. The van der Waals surface area contributed by atoms with E-state index < -0.39 is 10.0 Å². The van der Waals surface area contributed by atoms with Crippen LogP contribution in [0.25, 0.3) is 0 Å². The second-order valence-electron chi connectivity index (χ2n) is 4.05. The van der Waals surface area contributed by atoms with Gasteiger partial charge in [-0.25, -0.2) is 13.1 Å². The van der Waals surface area contributed by atoms with Gasteiger partial charge in [-0.05, 0) is 26.0 Å². The van der Waals surface area contributed by atoms with Gasteiger partial charge in [0.15, 0.2) is 0 Å². The standard InChI is InChI=1S/C12H18ClN3O3S/c1-3-16(4-2)11(17)8-15-20(18,19)12-9(13)6-5-7-10(12)14/h5-7,15H,3-4,8,14H2,1-2H3. The first-order valence-electron chi connectivity index (χ1n) is 6.14. The topological polar surface area (TPSA) is 92.5 Å². The molecule has 112 valence electrons. The molecule has 0 saturated carbocycles. The van der Waals surface area contributed by atoms with E-state index >= 15 is 0 Å². The highest BCUT2D eigenvalue weighted by molar-refractivity contribution is 7.89. The second-order valence-corrected chi connectivity index (χ2v) is 6.16. The third kappa shape index (κ3) is 3.84. The van der Waals surface area contributed by atoms with Crippen molar-refractivity contribution in [3.05, 3.63) is 23.2 Å². The van der Waals surface area contributed by atoms with Crippen LogP contribution in [0, 0.1) is 0 Å². The SMILES string of the molecule is CCN(CC)C(=O)CNS(=O)(=O)c1c(N)cccc1Cl. The Morgan fingerprint density at radius 3 is 2.45 bits per heavy atom. The van der Waals surface area contributed by atoms with Gasteiger partial charge in [0.25, 0.3) is 0 Å². The number of carbonyl (C=O) groups is 1. The van der Waals surface area contributed by atoms with E-state index in [4.69, 9.17) is 17.3 Å². The van der Waals surface area contributed by atoms with Crippen molar-refractivity contribution in [3.8, 4) is 0 Å². The number of benzene rings is 1. The first kappa shape index (κ1) is 16.7.